The second-order valence-corrected chi connectivity index (χ2v) is 6.30. The topological polar surface area (TPSA) is 24.5 Å². The molecule has 1 unspecified atom stereocenters. The molecule has 0 radical (unpaired) electrons. The molecule has 0 spiro atoms. The average molecular weight is 292 g/mol. The number of benzene rings is 1. The highest BCUT2D eigenvalue weighted by molar-refractivity contribution is 5.21. The third-order valence-electron chi connectivity index (χ3n) is 4.34. The van der Waals surface area contributed by atoms with Crippen LogP contribution < -0.4 is 10.1 Å². The molecule has 3 nitrogen and oxygen atoms in total. The maximum atomic E-state index is 12.8. The molecule has 0 amide bonds. The number of ether oxygens (including phenoxy) is 1. The van der Waals surface area contributed by atoms with E-state index in [0.29, 0.717) is 12.6 Å². The zero-order valence-corrected chi connectivity index (χ0v) is 12.6. The molecule has 1 atom stereocenters. The summed E-state index contributed by atoms with van der Waals surface area (Å²) in [5, 5.41) is 3.57. The molecule has 2 aliphatic rings. The number of nitrogens with one attached hydrogen (secondary N) is 1. The SMILES string of the molecule is Fc1ccc(OCCN(CC2CC2)CC2CCCN2)cc1. The van der Waals surface area contributed by atoms with Gasteiger partial charge in [-0.05, 0) is 62.4 Å². The van der Waals surface area contributed by atoms with Crippen LogP contribution in [0, 0.1) is 11.7 Å². The third-order valence-corrected chi connectivity index (χ3v) is 4.34. The van der Waals surface area contributed by atoms with Crippen molar-refractivity contribution in [2.24, 2.45) is 5.92 Å². The van der Waals surface area contributed by atoms with Crippen LogP contribution in [-0.2, 0) is 0 Å². The van der Waals surface area contributed by atoms with Gasteiger partial charge in [0.1, 0.15) is 18.2 Å². The van der Waals surface area contributed by atoms with Gasteiger partial charge >= 0.3 is 0 Å². The van der Waals surface area contributed by atoms with Gasteiger partial charge in [0.15, 0.2) is 0 Å². The number of hydrogen-bond acceptors (Lipinski definition) is 3. The first-order valence-corrected chi connectivity index (χ1v) is 8.14. The van der Waals surface area contributed by atoms with E-state index in [1.165, 1.54) is 44.4 Å². The highest BCUT2D eigenvalue weighted by Crippen LogP contribution is 2.29. The molecule has 2 fully saturated rings. The van der Waals surface area contributed by atoms with E-state index in [0.717, 1.165) is 31.3 Å². The molecule has 0 aromatic heterocycles. The van der Waals surface area contributed by atoms with E-state index in [-0.39, 0.29) is 5.82 Å². The lowest BCUT2D eigenvalue weighted by Gasteiger charge is -2.25. The van der Waals surface area contributed by atoms with Crippen molar-refractivity contribution >= 4 is 0 Å². The lowest BCUT2D eigenvalue weighted by molar-refractivity contribution is 0.190. The Labute approximate surface area is 126 Å². The molecule has 3 rings (SSSR count). The fourth-order valence-corrected chi connectivity index (χ4v) is 2.97. The zero-order valence-electron chi connectivity index (χ0n) is 12.6. The van der Waals surface area contributed by atoms with Crippen molar-refractivity contribution < 1.29 is 9.13 Å². The standard InChI is InChI=1S/C17H25FN2O/c18-15-5-7-17(8-6-15)21-11-10-20(12-14-3-4-14)13-16-2-1-9-19-16/h5-8,14,16,19H,1-4,9-13H2. The van der Waals surface area contributed by atoms with Crippen LogP contribution in [0.2, 0.25) is 0 Å². The number of nitrogens with zero attached hydrogens (tertiary/aromatic N) is 1. The van der Waals surface area contributed by atoms with Crippen LogP contribution in [0.15, 0.2) is 24.3 Å². The Balaban J connectivity index is 1.43. The number of rotatable bonds is 8. The van der Waals surface area contributed by atoms with E-state index in [1.54, 1.807) is 12.1 Å². The minimum absolute atomic E-state index is 0.218. The smallest absolute Gasteiger partial charge is 0.123 e. The molecule has 1 saturated carbocycles. The van der Waals surface area contributed by atoms with E-state index in [2.05, 4.69) is 10.2 Å². The van der Waals surface area contributed by atoms with Gasteiger partial charge in [0.05, 0.1) is 0 Å². The predicted octanol–water partition coefficient (Wildman–Crippen LogP) is 2.67. The summed E-state index contributed by atoms with van der Waals surface area (Å²) < 4.78 is 18.6. The Morgan fingerprint density at radius 2 is 1.95 bits per heavy atom. The normalized spacial score (nSPS) is 21.9. The first-order valence-electron chi connectivity index (χ1n) is 8.14. The summed E-state index contributed by atoms with van der Waals surface area (Å²) >= 11 is 0. The van der Waals surface area contributed by atoms with E-state index >= 15 is 0 Å². The Kier molecular flexibility index (Phi) is 5.09. The van der Waals surface area contributed by atoms with Crippen molar-refractivity contribution in [2.75, 3.05) is 32.8 Å². The molecule has 116 valence electrons. The van der Waals surface area contributed by atoms with Crippen LogP contribution in [0.25, 0.3) is 0 Å². The maximum absolute atomic E-state index is 12.8. The van der Waals surface area contributed by atoms with Gasteiger partial charge in [-0.2, -0.15) is 0 Å². The molecule has 1 aromatic carbocycles. The van der Waals surface area contributed by atoms with Crippen molar-refractivity contribution in [2.45, 2.75) is 31.7 Å². The molecule has 1 saturated heterocycles. The molecule has 1 aliphatic heterocycles. The van der Waals surface area contributed by atoms with Gasteiger partial charge in [-0.15, -0.1) is 0 Å². The van der Waals surface area contributed by atoms with Gasteiger partial charge < -0.3 is 10.1 Å². The van der Waals surface area contributed by atoms with Crippen LogP contribution in [0.5, 0.6) is 5.75 Å². The van der Waals surface area contributed by atoms with Crippen LogP contribution >= 0.6 is 0 Å². The molecular weight excluding hydrogens is 267 g/mol. The molecule has 1 heterocycles. The Hall–Kier alpha value is -1.13. The summed E-state index contributed by atoms with van der Waals surface area (Å²) in [5.41, 5.74) is 0. The van der Waals surface area contributed by atoms with Crippen LogP contribution in [-0.4, -0.2) is 43.7 Å². The van der Waals surface area contributed by atoms with Crippen LogP contribution in [0.3, 0.4) is 0 Å². The first-order chi connectivity index (χ1) is 10.3. The highest BCUT2D eigenvalue weighted by Gasteiger charge is 2.26. The van der Waals surface area contributed by atoms with Gasteiger partial charge in [-0.1, -0.05) is 0 Å². The first kappa shape index (κ1) is 14.8. The minimum Gasteiger partial charge on any atom is -0.492 e. The Morgan fingerprint density at radius 1 is 1.14 bits per heavy atom. The Bertz CT molecular complexity index is 427. The highest BCUT2D eigenvalue weighted by atomic mass is 19.1. The fraction of sp³-hybridized carbons (Fsp3) is 0.647. The summed E-state index contributed by atoms with van der Waals surface area (Å²) in [6.07, 6.45) is 5.36. The molecule has 4 heteroatoms. The van der Waals surface area contributed by atoms with Crippen LogP contribution in [0.4, 0.5) is 4.39 Å². The molecule has 21 heavy (non-hydrogen) atoms. The summed E-state index contributed by atoms with van der Waals surface area (Å²) in [5.74, 6) is 1.43. The lowest BCUT2D eigenvalue weighted by Crippen LogP contribution is -2.40. The van der Waals surface area contributed by atoms with E-state index in [4.69, 9.17) is 4.74 Å². The largest absolute Gasteiger partial charge is 0.492 e. The minimum atomic E-state index is -0.218. The maximum Gasteiger partial charge on any atom is 0.123 e. The second-order valence-electron chi connectivity index (χ2n) is 6.30. The summed E-state index contributed by atoms with van der Waals surface area (Å²) in [6, 6.07) is 6.92. The molecule has 0 bridgehead atoms. The quantitative estimate of drug-likeness (QED) is 0.797. The van der Waals surface area contributed by atoms with Gasteiger partial charge in [0, 0.05) is 25.7 Å². The van der Waals surface area contributed by atoms with Crippen molar-refractivity contribution in [3.8, 4) is 5.75 Å². The second kappa shape index (κ2) is 7.23. The van der Waals surface area contributed by atoms with Crippen molar-refractivity contribution in [3.05, 3.63) is 30.1 Å². The molecule has 1 aliphatic carbocycles. The van der Waals surface area contributed by atoms with Gasteiger partial charge in [0.2, 0.25) is 0 Å². The molecule has 1 N–H and O–H groups in total. The lowest BCUT2D eigenvalue weighted by atomic mass is 10.2. The van der Waals surface area contributed by atoms with Gasteiger partial charge in [-0.3, -0.25) is 4.90 Å². The monoisotopic (exact) mass is 292 g/mol. The van der Waals surface area contributed by atoms with Gasteiger partial charge in [-0.25, -0.2) is 4.39 Å². The van der Waals surface area contributed by atoms with Crippen molar-refractivity contribution in [1.29, 1.82) is 0 Å². The number of hydrogen-bond donors (Lipinski definition) is 1. The fourth-order valence-electron chi connectivity index (χ4n) is 2.97. The summed E-state index contributed by atoms with van der Waals surface area (Å²) in [7, 11) is 0. The van der Waals surface area contributed by atoms with E-state index in [1.807, 2.05) is 0 Å². The average Bonchev–Trinajstić information content (AvgIpc) is 3.14. The van der Waals surface area contributed by atoms with Gasteiger partial charge in [0.25, 0.3) is 0 Å². The van der Waals surface area contributed by atoms with Crippen molar-refractivity contribution in [3.63, 3.8) is 0 Å². The molecule has 1 aromatic rings. The zero-order chi connectivity index (χ0) is 14.5. The number of halogens is 1. The summed E-state index contributed by atoms with van der Waals surface area (Å²) in [4.78, 5) is 2.53. The third kappa shape index (κ3) is 4.97. The summed E-state index contributed by atoms with van der Waals surface area (Å²) in [6.45, 7) is 5.11. The van der Waals surface area contributed by atoms with Crippen molar-refractivity contribution in [1.82, 2.24) is 10.2 Å². The van der Waals surface area contributed by atoms with E-state index in [9.17, 15) is 4.39 Å². The Morgan fingerprint density at radius 3 is 2.62 bits per heavy atom. The predicted molar refractivity (Wildman–Crippen MR) is 82.1 cm³/mol. The van der Waals surface area contributed by atoms with Crippen LogP contribution in [0.1, 0.15) is 25.7 Å². The molecular formula is C17H25FN2O. The van der Waals surface area contributed by atoms with E-state index < -0.39 is 0 Å².